The molecule has 2 aliphatic carbocycles. The van der Waals surface area contributed by atoms with Gasteiger partial charge in [0.1, 0.15) is 11.4 Å². The molecule has 1 unspecified atom stereocenters. The standard InChI is InChI=1S/C28H25ClF2N4O/c29-24-14-32-8-6-21(24)22-3-1-2-16-10-19(36)4-5-20(16)27(22)17-7-9-35-15-18(34-26(35)11-17)13-33-25-12-23(25)28(30)31/h4-11,14-15,23,25,28,33,36H,1-3,12-13H2/t23-,25?/m0/s1. The van der Waals surface area contributed by atoms with E-state index < -0.39 is 12.3 Å². The number of nitrogens with zero attached hydrogens (tertiary/aromatic N) is 3. The topological polar surface area (TPSA) is 62.5 Å². The highest BCUT2D eigenvalue weighted by Crippen LogP contribution is 2.42. The van der Waals surface area contributed by atoms with Crippen molar-refractivity contribution in [3.8, 4) is 5.75 Å². The molecule has 36 heavy (non-hydrogen) atoms. The Kier molecular flexibility index (Phi) is 5.97. The lowest BCUT2D eigenvalue weighted by Gasteiger charge is -2.17. The molecule has 5 nitrogen and oxygen atoms in total. The zero-order valence-electron chi connectivity index (χ0n) is 19.5. The summed E-state index contributed by atoms with van der Waals surface area (Å²) in [4.78, 5) is 8.92. The quantitative estimate of drug-likeness (QED) is 0.330. The van der Waals surface area contributed by atoms with Crippen LogP contribution in [0.15, 0.2) is 61.2 Å². The van der Waals surface area contributed by atoms with Crippen molar-refractivity contribution in [2.24, 2.45) is 5.92 Å². The Bertz CT molecular complexity index is 1480. The summed E-state index contributed by atoms with van der Waals surface area (Å²) in [6.07, 6.45) is 8.17. The van der Waals surface area contributed by atoms with Gasteiger partial charge in [-0.15, -0.1) is 0 Å². The number of imidazole rings is 1. The van der Waals surface area contributed by atoms with Crippen LogP contribution >= 0.6 is 11.6 Å². The lowest BCUT2D eigenvalue weighted by Crippen LogP contribution is -2.19. The molecule has 2 aliphatic rings. The van der Waals surface area contributed by atoms with E-state index in [1.54, 1.807) is 18.5 Å². The molecule has 1 aromatic carbocycles. The Hall–Kier alpha value is -3.29. The number of aromatic nitrogens is 3. The van der Waals surface area contributed by atoms with Gasteiger partial charge in [0.25, 0.3) is 0 Å². The number of aryl methyl sites for hydroxylation is 1. The molecule has 3 aromatic heterocycles. The van der Waals surface area contributed by atoms with E-state index in [-0.39, 0.29) is 11.8 Å². The maximum atomic E-state index is 12.8. The van der Waals surface area contributed by atoms with Gasteiger partial charge in [-0.3, -0.25) is 4.98 Å². The molecule has 8 heteroatoms. The fourth-order valence-corrected chi connectivity index (χ4v) is 5.47. The molecule has 0 saturated heterocycles. The Labute approximate surface area is 212 Å². The first-order chi connectivity index (χ1) is 17.5. The van der Waals surface area contributed by atoms with Crippen molar-refractivity contribution in [1.82, 2.24) is 19.7 Å². The molecular formula is C28H25ClF2N4O. The maximum absolute atomic E-state index is 12.8. The summed E-state index contributed by atoms with van der Waals surface area (Å²) >= 11 is 6.60. The molecule has 0 aliphatic heterocycles. The number of hydrogen-bond donors (Lipinski definition) is 2. The molecule has 4 aromatic rings. The highest BCUT2D eigenvalue weighted by molar-refractivity contribution is 6.32. The molecular weight excluding hydrogens is 482 g/mol. The van der Waals surface area contributed by atoms with Crippen LogP contribution in [-0.4, -0.2) is 31.9 Å². The SMILES string of the molecule is Oc1ccc2c(c1)CCCC(c1ccncc1Cl)=C2c1ccn2cc(CNC3C[C@@H]3C(F)F)nc2c1. The molecule has 6 rings (SSSR count). The zero-order chi connectivity index (χ0) is 24.8. The van der Waals surface area contributed by atoms with E-state index in [9.17, 15) is 13.9 Å². The minimum atomic E-state index is -2.27. The van der Waals surface area contributed by atoms with E-state index in [1.165, 1.54) is 0 Å². The van der Waals surface area contributed by atoms with Gasteiger partial charge >= 0.3 is 0 Å². The summed E-state index contributed by atoms with van der Waals surface area (Å²) in [6.45, 7) is 0.452. The van der Waals surface area contributed by atoms with Gasteiger partial charge in [0.2, 0.25) is 6.43 Å². The number of alkyl halides is 2. The molecule has 0 spiro atoms. The Balaban J connectivity index is 1.42. The van der Waals surface area contributed by atoms with E-state index in [4.69, 9.17) is 16.6 Å². The number of allylic oxidation sites excluding steroid dienone is 1. The van der Waals surface area contributed by atoms with Gasteiger partial charge < -0.3 is 14.8 Å². The van der Waals surface area contributed by atoms with Gasteiger partial charge in [0.15, 0.2) is 0 Å². The van der Waals surface area contributed by atoms with Gasteiger partial charge in [-0.2, -0.15) is 0 Å². The summed E-state index contributed by atoms with van der Waals surface area (Å²) < 4.78 is 27.6. The van der Waals surface area contributed by atoms with Gasteiger partial charge in [-0.1, -0.05) is 17.7 Å². The third-order valence-corrected chi connectivity index (χ3v) is 7.44. The molecule has 2 N–H and O–H groups in total. The molecule has 1 fully saturated rings. The fraction of sp³-hybridized carbons (Fsp3) is 0.286. The minimum Gasteiger partial charge on any atom is -0.508 e. The number of hydrogen-bond acceptors (Lipinski definition) is 4. The first-order valence-electron chi connectivity index (χ1n) is 12.1. The van der Waals surface area contributed by atoms with Crippen LogP contribution in [0.4, 0.5) is 8.78 Å². The Morgan fingerprint density at radius 1 is 1.14 bits per heavy atom. The highest BCUT2D eigenvalue weighted by atomic mass is 35.5. The molecule has 184 valence electrons. The van der Waals surface area contributed by atoms with Crippen LogP contribution in [0.1, 0.15) is 47.2 Å². The third-order valence-electron chi connectivity index (χ3n) is 7.14. The summed E-state index contributed by atoms with van der Waals surface area (Å²) in [5.41, 5.74) is 7.91. The van der Waals surface area contributed by atoms with Crippen molar-refractivity contribution < 1.29 is 13.9 Å². The number of phenolic OH excluding ortho intramolecular Hbond substituents is 1. The normalized spacial score (nSPS) is 19.6. The van der Waals surface area contributed by atoms with Crippen LogP contribution in [0, 0.1) is 5.92 Å². The van der Waals surface area contributed by atoms with E-state index in [1.807, 2.05) is 35.0 Å². The summed E-state index contributed by atoms with van der Waals surface area (Å²) in [5.74, 6) is -0.294. The van der Waals surface area contributed by atoms with Gasteiger partial charge in [-0.25, -0.2) is 13.8 Å². The van der Waals surface area contributed by atoms with Crippen LogP contribution in [0.2, 0.25) is 5.02 Å². The summed E-state index contributed by atoms with van der Waals surface area (Å²) in [7, 11) is 0. The molecule has 1 saturated carbocycles. The predicted octanol–water partition coefficient (Wildman–Crippen LogP) is 6.13. The fourth-order valence-electron chi connectivity index (χ4n) is 5.23. The molecule has 0 bridgehead atoms. The largest absolute Gasteiger partial charge is 0.508 e. The van der Waals surface area contributed by atoms with E-state index in [2.05, 4.69) is 22.4 Å². The number of pyridine rings is 2. The van der Waals surface area contributed by atoms with Crippen LogP contribution in [-0.2, 0) is 13.0 Å². The lowest BCUT2D eigenvalue weighted by atomic mass is 9.88. The summed E-state index contributed by atoms with van der Waals surface area (Å²) in [5, 5.41) is 13.9. The zero-order valence-corrected chi connectivity index (χ0v) is 20.2. The number of aromatic hydroxyl groups is 1. The Morgan fingerprint density at radius 2 is 2.03 bits per heavy atom. The maximum Gasteiger partial charge on any atom is 0.242 e. The summed E-state index contributed by atoms with van der Waals surface area (Å²) in [6, 6.07) is 11.5. The average Bonchev–Trinajstić information content (AvgIpc) is 3.58. The second-order valence-corrected chi connectivity index (χ2v) is 9.95. The van der Waals surface area contributed by atoms with Crippen molar-refractivity contribution in [1.29, 1.82) is 0 Å². The molecule has 3 heterocycles. The number of fused-ring (bicyclic) bond motifs is 2. The minimum absolute atomic E-state index is 0.137. The van der Waals surface area contributed by atoms with Crippen LogP contribution in [0.25, 0.3) is 16.8 Å². The monoisotopic (exact) mass is 506 g/mol. The van der Waals surface area contributed by atoms with Crippen molar-refractivity contribution in [3.63, 3.8) is 0 Å². The van der Waals surface area contributed by atoms with Crippen LogP contribution in [0.3, 0.4) is 0 Å². The van der Waals surface area contributed by atoms with E-state index in [0.29, 0.717) is 18.0 Å². The molecule has 0 radical (unpaired) electrons. The van der Waals surface area contributed by atoms with Gasteiger partial charge in [0.05, 0.1) is 10.7 Å². The highest BCUT2D eigenvalue weighted by Gasteiger charge is 2.43. The Morgan fingerprint density at radius 3 is 2.83 bits per heavy atom. The second kappa shape index (κ2) is 9.30. The first kappa shape index (κ1) is 23.1. The van der Waals surface area contributed by atoms with Crippen LogP contribution in [0.5, 0.6) is 5.75 Å². The van der Waals surface area contributed by atoms with Gasteiger partial charge in [0, 0.05) is 43.3 Å². The lowest BCUT2D eigenvalue weighted by molar-refractivity contribution is 0.118. The van der Waals surface area contributed by atoms with Crippen molar-refractivity contribution in [2.75, 3.05) is 0 Å². The average molecular weight is 507 g/mol. The molecule has 0 amide bonds. The first-order valence-corrected chi connectivity index (χ1v) is 12.5. The predicted molar refractivity (Wildman–Crippen MR) is 136 cm³/mol. The number of benzene rings is 1. The number of nitrogens with one attached hydrogen (secondary N) is 1. The second-order valence-electron chi connectivity index (χ2n) is 9.54. The smallest absolute Gasteiger partial charge is 0.242 e. The number of phenols is 1. The number of rotatable bonds is 6. The molecule has 2 atom stereocenters. The van der Waals surface area contributed by atoms with Crippen molar-refractivity contribution in [2.45, 2.75) is 44.7 Å². The van der Waals surface area contributed by atoms with Crippen LogP contribution < -0.4 is 5.32 Å². The van der Waals surface area contributed by atoms with E-state index in [0.717, 1.165) is 64.0 Å². The van der Waals surface area contributed by atoms with Gasteiger partial charge in [-0.05, 0) is 89.4 Å². The third kappa shape index (κ3) is 4.38. The van der Waals surface area contributed by atoms with E-state index >= 15 is 0 Å². The number of halogens is 3. The van der Waals surface area contributed by atoms with Crippen molar-refractivity contribution in [3.05, 3.63) is 94.2 Å². The van der Waals surface area contributed by atoms with Crippen molar-refractivity contribution >= 4 is 28.4 Å².